The topological polar surface area (TPSA) is 95.1 Å². The number of ether oxygens (including phenoxy) is 2. The number of phenols is 1. The third kappa shape index (κ3) is 10.8. The largest absolute Gasteiger partial charge is 0.507 e. The molecule has 0 radical (unpaired) electrons. The minimum atomic E-state index is -1.65. The summed E-state index contributed by atoms with van der Waals surface area (Å²) in [4.78, 5) is 5.25. The fourth-order valence-electron chi connectivity index (χ4n) is 7.16. The van der Waals surface area contributed by atoms with Crippen molar-refractivity contribution in [2.75, 3.05) is 13.2 Å². The van der Waals surface area contributed by atoms with Gasteiger partial charge in [0.1, 0.15) is 22.8 Å². The first-order valence-corrected chi connectivity index (χ1v) is 21.0. The van der Waals surface area contributed by atoms with E-state index in [9.17, 15) is 15.5 Å². The molecule has 308 valence electrons. The first-order valence-electron chi connectivity index (χ1n) is 21.0. The zero-order chi connectivity index (χ0) is 42.4. The monoisotopic (exact) mass is 767 g/mol. The summed E-state index contributed by atoms with van der Waals surface area (Å²) >= 11 is 0. The molecule has 2 N–H and O–H groups in total. The standard InChI is InChI=1S/C50H74N2O4/c1-17-20-24-55-43-38(46(5,6)7)27-36(28-39(43)47(8,9)10)50(54,45(33(4)19-3)52-32-35-26-34(31-51)22-23-42(35)53)37-29-40(48(11,12)13)44(56-25-21-18-2)41(30-37)49(14,15)16/h22-23,26-30,32-33,45,53-54H,17-21,24-25H2,1-16H3. The van der Waals surface area contributed by atoms with E-state index in [1.165, 1.54) is 6.07 Å². The molecule has 0 aliphatic carbocycles. The van der Waals surface area contributed by atoms with Crippen molar-refractivity contribution >= 4 is 6.21 Å². The molecule has 6 nitrogen and oxygen atoms in total. The van der Waals surface area contributed by atoms with Crippen molar-refractivity contribution in [3.63, 3.8) is 0 Å². The maximum atomic E-state index is 14.2. The Morgan fingerprint density at radius 3 is 1.39 bits per heavy atom. The minimum absolute atomic E-state index is 0.0245. The van der Waals surface area contributed by atoms with Crippen molar-refractivity contribution in [1.29, 1.82) is 5.26 Å². The van der Waals surface area contributed by atoms with Gasteiger partial charge in [-0.2, -0.15) is 5.26 Å². The zero-order valence-corrected chi connectivity index (χ0v) is 37.8. The van der Waals surface area contributed by atoms with Gasteiger partial charge in [0.05, 0.1) is 30.9 Å². The molecule has 2 atom stereocenters. The van der Waals surface area contributed by atoms with Gasteiger partial charge in [-0.3, -0.25) is 4.99 Å². The molecule has 56 heavy (non-hydrogen) atoms. The molecule has 6 heteroatoms. The van der Waals surface area contributed by atoms with Crippen molar-refractivity contribution in [3.05, 3.63) is 87.0 Å². The van der Waals surface area contributed by atoms with Crippen LogP contribution in [0.15, 0.2) is 47.5 Å². The van der Waals surface area contributed by atoms with Crippen molar-refractivity contribution < 1.29 is 19.7 Å². The van der Waals surface area contributed by atoms with Gasteiger partial charge in [-0.05, 0) is 94.0 Å². The van der Waals surface area contributed by atoms with Crippen LogP contribution in [0.3, 0.4) is 0 Å². The highest BCUT2D eigenvalue weighted by Crippen LogP contribution is 2.50. The average Bonchev–Trinajstić information content (AvgIpc) is 3.10. The van der Waals surface area contributed by atoms with Gasteiger partial charge in [-0.25, -0.2) is 0 Å². The molecule has 0 spiro atoms. The zero-order valence-electron chi connectivity index (χ0n) is 37.8. The van der Waals surface area contributed by atoms with Crippen LogP contribution >= 0.6 is 0 Å². The number of hydrogen-bond donors (Lipinski definition) is 2. The molecule has 3 aromatic rings. The molecule has 2 unspecified atom stereocenters. The molecule has 0 bridgehead atoms. The van der Waals surface area contributed by atoms with Gasteiger partial charge in [0.25, 0.3) is 0 Å². The van der Waals surface area contributed by atoms with Crippen LogP contribution in [-0.2, 0) is 27.3 Å². The Labute approximate surface area is 340 Å². The summed E-state index contributed by atoms with van der Waals surface area (Å²) in [5.74, 6) is 1.69. The maximum absolute atomic E-state index is 14.2. The fraction of sp³-hybridized carbons (Fsp3) is 0.600. The first kappa shape index (κ1) is 46.6. The number of phenolic OH excluding ortho intramolecular Hbond substituents is 1. The van der Waals surface area contributed by atoms with E-state index >= 15 is 0 Å². The highest BCUT2D eigenvalue weighted by atomic mass is 16.5. The third-order valence-corrected chi connectivity index (χ3v) is 10.9. The summed E-state index contributed by atoms with van der Waals surface area (Å²) in [7, 11) is 0. The van der Waals surface area contributed by atoms with Gasteiger partial charge in [0.15, 0.2) is 0 Å². The number of aliphatic imine (C=N–C) groups is 1. The number of hydrogen-bond acceptors (Lipinski definition) is 6. The number of rotatable bonds is 15. The molecule has 0 saturated carbocycles. The molecule has 0 fully saturated rings. The summed E-state index contributed by atoms with van der Waals surface area (Å²) in [5.41, 5.74) is 3.54. The average molecular weight is 767 g/mol. The van der Waals surface area contributed by atoms with E-state index in [1.807, 2.05) is 0 Å². The van der Waals surface area contributed by atoms with Gasteiger partial charge in [-0.1, -0.05) is 130 Å². The van der Waals surface area contributed by atoms with Gasteiger partial charge >= 0.3 is 0 Å². The maximum Gasteiger partial charge on any atom is 0.137 e. The number of nitriles is 1. The van der Waals surface area contributed by atoms with E-state index in [0.717, 1.165) is 77.0 Å². The molecule has 3 aromatic carbocycles. The van der Waals surface area contributed by atoms with Crippen LogP contribution in [0.5, 0.6) is 17.2 Å². The van der Waals surface area contributed by atoms with Crippen LogP contribution < -0.4 is 9.47 Å². The van der Waals surface area contributed by atoms with Crippen molar-refractivity contribution in [2.45, 2.75) is 176 Å². The van der Waals surface area contributed by atoms with E-state index in [2.05, 4.69) is 141 Å². The van der Waals surface area contributed by atoms with E-state index in [4.69, 9.17) is 14.5 Å². The molecule has 3 rings (SSSR count). The van der Waals surface area contributed by atoms with Crippen LogP contribution in [0.25, 0.3) is 0 Å². The molecule has 0 aromatic heterocycles. The lowest BCUT2D eigenvalue weighted by molar-refractivity contribution is 0.0323. The Morgan fingerprint density at radius 1 is 0.679 bits per heavy atom. The lowest BCUT2D eigenvalue weighted by atomic mass is 9.68. The summed E-state index contributed by atoms with van der Waals surface area (Å²) in [6, 6.07) is 14.9. The lowest BCUT2D eigenvalue weighted by Crippen LogP contribution is -2.44. The van der Waals surface area contributed by atoms with Crippen LogP contribution in [0.1, 0.15) is 187 Å². The van der Waals surface area contributed by atoms with Gasteiger partial charge < -0.3 is 19.7 Å². The summed E-state index contributed by atoms with van der Waals surface area (Å²) < 4.78 is 13.4. The second-order valence-corrected chi connectivity index (χ2v) is 20.0. The number of nitrogens with zero attached hydrogens (tertiary/aromatic N) is 2. The molecule has 0 aliphatic rings. The van der Waals surface area contributed by atoms with Crippen LogP contribution in [0, 0.1) is 17.2 Å². The van der Waals surface area contributed by atoms with Crippen LogP contribution in [0.2, 0.25) is 0 Å². The third-order valence-electron chi connectivity index (χ3n) is 10.9. The smallest absolute Gasteiger partial charge is 0.137 e. The Hall–Kier alpha value is -3.82. The quantitative estimate of drug-likeness (QED) is 0.119. The van der Waals surface area contributed by atoms with Crippen molar-refractivity contribution in [2.24, 2.45) is 10.9 Å². The summed E-state index contributed by atoms with van der Waals surface area (Å²) in [6.45, 7) is 36.3. The van der Waals surface area contributed by atoms with Gasteiger partial charge in [0.2, 0.25) is 0 Å². The molecule has 0 saturated heterocycles. The van der Waals surface area contributed by atoms with Crippen LogP contribution in [0.4, 0.5) is 0 Å². The van der Waals surface area contributed by atoms with E-state index < -0.39 is 11.6 Å². The fourth-order valence-corrected chi connectivity index (χ4v) is 7.16. The SMILES string of the molecule is CCCCOc1c(C(C)(C)C)cc(C(O)(c2cc(C(C)(C)C)c(OCCCC)c(C(C)(C)C)c2)C(N=Cc2cc(C#N)ccc2O)C(C)CC)cc1C(C)(C)C. The number of benzene rings is 3. The summed E-state index contributed by atoms with van der Waals surface area (Å²) in [5, 5.41) is 34.8. The molecule has 0 amide bonds. The molecular formula is C50H74N2O4. The van der Waals surface area contributed by atoms with E-state index in [-0.39, 0.29) is 33.3 Å². The van der Waals surface area contributed by atoms with E-state index in [1.54, 1.807) is 18.3 Å². The molecular weight excluding hydrogens is 693 g/mol. The van der Waals surface area contributed by atoms with Crippen molar-refractivity contribution in [3.8, 4) is 23.3 Å². The number of aliphatic hydroxyl groups is 1. The summed E-state index contributed by atoms with van der Waals surface area (Å²) in [6.07, 6.45) is 6.32. The Kier molecular flexibility index (Phi) is 15.1. The second kappa shape index (κ2) is 18.2. The second-order valence-electron chi connectivity index (χ2n) is 20.0. The predicted octanol–water partition coefficient (Wildman–Crippen LogP) is 12.6. The highest BCUT2D eigenvalue weighted by molar-refractivity contribution is 5.84. The van der Waals surface area contributed by atoms with Crippen LogP contribution in [-0.4, -0.2) is 35.7 Å². The van der Waals surface area contributed by atoms with Gasteiger partial charge in [-0.15, -0.1) is 0 Å². The minimum Gasteiger partial charge on any atom is -0.507 e. The predicted molar refractivity (Wildman–Crippen MR) is 235 cm³/mol. The lowest BCUT2D eigenvalue weighted by Gasteiger charge is -2.42. The Balaban J connectivity index is 2.69. The number of unbranched alkanes of at least 4 members (excludes halogenated alkanes) is 2. The Morgan fingerprint density at radius 2 is 1.07 bits per heavy atom. The molecule has 0 heterocycles. The highest BCUT2D eigenvalue weighted by Gasteiger charge is 2.46. The van der Waals surface area contributed by atoms with Gasteiger partial charge in [0, 0.05) is 34.0 Å². The first-order chi connectivity index (χ1) is 25.9. The molecule has 0 aliphatic heterocycles. The Bertz CT molecular complexity index is 1690. The normalized spacial score (nSPS) is 14.1. The van der Waals surface area contributed by atoms with Crippen molar-refractivity contribution in [1.82, 2.24) is 0 Å². The van der Waals surface area contributed by atoms with E-state index in [0.29, 0.717) is 24.3 Å². The number of aromatic hydroxyl groups is 1.